The molecular weight excluding hydrogens is 566 g/mol. The highest BCUT2D eigenvalue weighted by Gasteiger charge is 2.22. The molecule has 34 heavy (non-hydrogen) atoms. The van der Waals surface area contributed by atoms with E-state index in [1.54, 1.807) is 17.8 Å². The Labute approximate surface area is 216 Å². The Morgan fingerprint density at radius 3 is 2.59 bits per heavy atom. The summed E-state index contributed by atoms with van der Waals surface area (Å²) in [5.41, 5.74) is 3.60. The van der Waals surface area contributed by atoms with Crippen LogP contribution in [0.5, 0.6) is 5.88 Å². The van der Waals surface area contributed by atoms with Crippen LogP contribution >= 0.6 is 28.4 Å². The van der Waals surface area contributed by atoms with E-state index in [9.17, 15) is 4.79 Å². The van der Waals surface area contributed by atoms with Crippen LogP contribution < -0.4 is 4.74 Å². The van der Waals surface area contributed by atoms with Crippen LogP contribution in [0.3, 0.4) is 0 Å². The molecule has 0 radical (unpaired) electrons. The van der Waals surface area contributed by atoms with Gasteiger partial charge in [0.25, 0.3) is 0 Å². The summed E-state index contributed by atoms with van der Waals surface area (Å²) in [6, 6.07) is 2.00. The van der Waals surface area contributed by atoms with Crippen molar-refractivity contribution in [3.05, 3.63) is 30.2 Å². The van der Waals surface area contributed by atoms with Crippen molar-refractivity contribution in [1.29, 1.82) is 0 Å². The quantitative estimate of drug-likeness (QED) is 0.250. The van der Waals surface area contributed by atoms with Gasteiger partial charge in [0.1, 0.15) is 12.2 Å². The van der Waals surface area contributed by atoms with Crippen LogP contribution in [0.15, 0.2) is 18.8 Å². The molecule has 1 atom stereocenters. The zero-order chi connectivity index (χ0) is 25.6. The molecule has 9 nitrogen and oxygen atoms in total. The number of hydrogen-bond acceptors (Lipinski definition) is 6. The lowest BCUT2D eigenvalue weighted by Gasteiger charge is -2.24. The molecule has 186 valence electrons. The monoisotopic (exact) mass is 600 g/mol. The first-order chi connectivity index (χ1) is 16.1. The van der Waals surface area contributed by atoms with Crippen molar-refractivity contribution in [2.75, 3.05) is 20.2 Å². The number of amides is 1. The lowest BCUT2D eigenvalue weighted by Crippen LogP contribution is -2.36. The minimum Gasteiger partial charge on any atom is -0.475 e. The SMILES string of the molecule is C=Cc1nn(PI)c2cnc(-c3c(C)nn(C)c3OCCN(C)C(=O)OC(C)(C)C)cc12.CC. The van der Waals surface area contributed by atoms with Crippen molar-refractivity contribution in [2.24, 2.45) is 7.05 Å². The standard InChI is InChI=1S/C21H28IN6O3P.C2H6/c1-8-15-14-11-16(23-12-17(14)28(25-15)32-22)18-13(2)24-27(7)19(18)30-10-9-26(6)20(29)31-21(3,4)5;1-2/h8,11-12,32H,1,9-10H2,2-7H3;1-2H3. The van der Waals surface area contributed by atoms with Gasteiger partial charge in [-0.25, -0.2) is 13.9 Å². The van der Waals surface area contributed by atoms with Gasteiger partial charge in [-0.05, 0) is 61.9 Å². The summed E-state index contributed by atoms with van der Waals surface area (Å²) in [6.07, 6.45) is 3.65. The normalized spacial score (nSPS) is 11.4. The molecule has 0 spiro atoms. The van der Waals surface area contributed by atoms with Gasteiger partial charge in [0.2, 0.25) is 5.88 Å². The Hall–Kier alpha value is -2.20. The Morgan fingerprint density at radius 1 is 1.32 bits per heavy atom. The molecule has 11 heteroatoms. The predicted molar refractivity (Wildman–Crippen MR) is 148 cm³/mol. The lowest BCUT2D eigenvalue weighted by atomic mass is 10.1. The minimum atomic E-state index is -0.543. The summed E-state index contributed by atoms with van der Waals surface area (Å²) in [5.74, 6) is 0.593. The van der Waals surface area contributed by atoms with E-state index in [1.807, 2.05) is 65.3 Å². The van der Waals surface area contributed by atoms with Gasteiger partial charge in [-0.3, -0.25) is 4.98 Å². The highest BCUT2D eigenvalue weighted by molar-refractivity contribution is 14.2. The lowest BCUT2D eigenvalue weighted by molar-refractivity contribution is 0.0276. The van der Waals surface area contributed by atoms with Crippen molar-refractivity contribution in [2.45, 2.75) is 47.1 Å². The molecule has 0 saturated carbocycles. The van der Waals surface area contributed by atoms with E-state index in [1.165, 1.54) is 4.90 Å². The topological polar surface area (TPSA) is 87.3 Å². The number of nitrogens with zero attached hydrogens (tertiary/aromatic N) is 6. The second kappa shape index (κ2) is 12.0. The van der Waals surface area contributed by atoms with E-state index in [-0.39, 0.29) is 12.7 Å². The predicted octanol–water partition coefficient (Wildman–Crippen LogP) is 5.85. The molecule has 0 bridgehead atoms. The molecule has 0 aliphatic carbocycles. The summed E-state index contributed by atoms with van der Waals surface area (Å²) < 4.78 is 15.1. The van der Waals surface area contributed by atoms with Gasteiger partial charge in [0.15, 0.2) is 0 Å². The Morgan fingerprint density at radius 2 is 2.00 bits per heavy atom. The number of carbonyl (C=O) groups is 1. The number of pyridine rings is 1. The van der Waals surface area contributed by atoms with Crippen molar-refractivity contribution < 1.29 is 14.3 Å². The van der Waals surface area contributed by atoms with Crippen LogP contribution in [-0.2, 0) is 11.8 Å². The van der Waals surface area contributed by atoms with Crippen molar-refractivity contribution in [3.63, 3.8) is 0 Å². The molecule has 3 rings (SSSR count). The van der Waals surface area contributed by atoms with Crippen LogP contribution in [-0.4, -0.2) is 61.1 Å². The van der Waals surface area contributed by atoms with E-state index in [4.69, 9.17) is 9.47 Å². The summed E-state index contributed by atoms with van der Waals surface area (Å²) in [7, 11) is 3.51. The van der Waals surface area contributed by atoms with Gasteiger partial charge >= 0.3 is 6.09 Å². The number of aromatic nitrogens is 5. The molecule has 0 aliphatic rings. The molecular formula is C23H34IN6O3P. The fourth-order valence-electron chi connectivity index (χ4n) is 3.20. The van der Waals surface area contributed by atoms with E-state index >= 15 is 0 Å². The highest BCUT2D eigenvalue weighted by Crippen LogP contribution is 2.36. The van der Waals surface area contributed by atoms with Crippen LogP contribution in [0.4, 0.5) is 4.79 Å². The number of fused-ring (bicyclic) bond motifs is 1. The van der Waals surface area contributed by atoms with Gasteiger partial charge in [0, 0.05) is 19.5 Å². The zero-order valence-electron chi connectivity index (χ0n) is 21.1. The van der Waals surface area contributed by atoms with Crippen LogP contribution in [0.25, 0.3) is 28.2 Å². The van der Waals surface area contributed by atoms with E-state index < -0.39 is 5.60 Å². The van der Waals surface area contributed by atoms with Crippen LogP contribution in [0.1, 0.15) is 46.0 Å². The van der Waals surface area contributed by atoms with Crippen LogP contribution in [0, 0.1) is 6.92 Å². The third-order valence-electron chi connectivity index (χ3n) is 4.66. The van der Waals surface area contributed by atoms with Gasteiger partial charge in [-0.15, -0.1) is 0 Å². The third kappa shape index (κ3) is 6.47. The maximum Gasteiger partial charge on any atom is 0.410 e. The number of carbonyl (C=O) groups excluding carboxylic acids is 1. The molecule has 0 saturated heterocycles. The Balaban J connectivity index is 0.00000199. The van der Waals surface area contributed by atoms with Gasteiger partial charge in [0.05, 0.1) is 47.3 Å². The first kappa shape index (κ1) is 28.0. The highest BCUT2D eigenvalue weighted by atomic mass is 127. The molecule has 0 N–H and O–H groups in total. The van der Waals surface area contributed by atoms with Gasteiger partial charge in [-0.1, -0.05) is 20.4 Å². The number of ether oxygens (including phenoxy) is 2. The zero-order valence-corrected chi connectivity index (χ0v) is 24.3. The summed E-state index contributed by atoms with van der Waals surface area (Å²) >= 11 is 2.29. The fraction of sp³-hybridized carbons (Fsp3) is 0.478. The number of rotatable bonds is 7. The number of hydrogen-bond donors (Lipinski definition) is 0. The summed E-state index contributed by atoms with van der Waals surface area (Å²) in [5, 5.41) is 10.1. The Bertz CT molecular complexity index is 1150. The summed E-state index contributed by atoms with van der Waals surface area (Å²) in [4.78, 5) is 18.3. The molecule has 0 fully saturated rings. The minimum absolute atomic E-state index is 0.287. The van der Waals surface area contributed by atoms with Crippen molar-refractivity contribution in [1.82, 2.24) is 29.2 Å². The summed E-state index contributed by atoms with van der Waals surface area (Å²) in [6.45, 7) is 16.0. The molecule has 0 aromatic carbocycles. The molecule has 3 aromatic rings. The molecule has 1 unspecified atom stereocenters. The third-order valence-corrected chi connectivity index (χ3v) is 6.54. The van der Waals surface area contributed by atoms with Crippen molar-refractivity contribution in [3.8, 4) is 17.1 Å². The van der Waals surface area contributed by atoms with E-state index in [0.29, 0.717) is 18.8 Å². The first-order valence-electron chi connectivity index (χ1n) is 11.0. The fourth-order valence-corrected chi connectivity index (χ4v) is 4.72. The van der Waals surface area contributed by atoms with Gasteiger partial charge in [-0.2, -0.15) is 10.2 Å². The van der Waals surface area contributed by atoms with Crippen LogP contribution in [0.2, 0.25) is 0 Å². The number of aryl methyl sites for hydroxylation is 2. The average molecular weight is 600 g/mol. The molecule has 1 amide bonds. The number of likely N-dealkylation sites (N-methyl/N-ethyl adjacent to an activating group) is 1. The van der Waals surface area contributed by atoms with Gasteiger partial charge < -0.3 is 14.4 Å². The molecule has 3 aromatic heterocycles. The first-order valence-corrected chi connectivity index (χ1v) is 15.1. The maximum absolute atomic E-state index is 12.2. The maximum atomic E-state index is 12.2. The Kier molecular flexibility index (Phi) is 9.87. The second-order valence-electron chi connectivity index (χ2n) is 8.31. The average Bonchev–Trinajstić information content (AvgIpc) is 3.29. The smallest absolute Gasteiger partial charge is 0.410 e. The largest absolute Gasteiger partial charge is 0.475 e. The van der Waals surface area contributed by atoms with E-state index in [0.717, 1.165) is 33.5 Å². The number of halogens is 1. The van der Waals surface area contributed by atoms with E-state index in [2.05, 4.69) is 43.8 Å². The van der Waals surface area contributed by atoms with Crippen molar-refractivity contribution >= 4 is 51.5 Å². The molecule has 0 aliphatic heterocycles. The second-order valence-corrected chi connectivity index (χ2v) is 10.4. The molecule has 3 heterocycles.